The highest BCUT2D eigenvalue weighted by atomic mass is 35.5. The Morgan fingerprint density at radius 1 is 1.12 bits per heavy atom. The van der Waals surface area contributed by atoms with Crippen LogP contribution in [0.25, 0.3) is 0 Å². The van der Waals surface area contributed by atoms with Crippen LogP contribution in [-0.4, -0.2) is 38.2 Å². The summed E-state index contributed by atoms with van der Waals surface area (Å²) in [6, 6.07) is 7.26. The van der Waals surface area contributed by atoms with Gasteiger partial charge in [0.1, 0.15) is 5.75 Å². The molecule has 1 fully saturated rings. The van der Waals surface area contributed by atoms with Crippen molar-refractivity contribution in [2.24, 2.45) is 0 Å². The van der Waals surface area contributed by atoms with Crippen LogP contribution in [0.2, 0.25) is 0 Å². The Bertz CT molecular complexity index is 477. The van der Waals surface area contributed by atoms with Crippen molar-refractivity contribution in [3.8, 4) is 5.75 Å². The molecule has 0 unspecified atom stereocenters. The fourth-order valence-electron chi connectivity index (χ4n) is 3.49. The van der Waals surface area contributed by atoms with Crippen LogP contribution < -0.4 is 10.1 Å². The number of unbranched alkanes of at least 4 members (excludes halogenated alkanes) is 2. The summed E-state index contributed by atoms with van der Waals surface area (Å²) in [6.45, 7) is 11.3. The molecule has 3 nitrogen and oxygen atoms in total. The zero-order chi connectivity index (χ0) is 16.7. The van der Waals surface area contributed by atoms with Gasteiger partial charge in [-0.2, -0.15) is 0 Å². The third kappa shape index (κ3) is 6.97. The first-order valence-electron chi connectivity index (χ1n) is 9.30. The zero-order valence-corrected chi connectivity index (χ0v) is 17.8. The Morgan fingerprint density at radius 3 is 2.36 bits per heavy atom. The largest absolute Gasteiger partial charge is 0.496 e. The highest BCUT2D eigenvalue weighted by molar-refractivity contribution is 5.85. The first-order valence-corrected chi connectivity index (χ1v) is 9.30. The third-order valence-electron chi connectivity index (χ3n) is 4.95. The fraction of sp³-hybridized carbons (Fsp3) is 0.700. The quantitative estimate of drug-likeness (QED) is 0.618. The molecule has 1 N–H and O–H groups in total. The Morgan fingerprint density at radius 2 is 1.80 bits per heavy atom. The van der Waals surface area contributed by atoms with Crippen LogP contribution in [-0.2, 0) is 0 Å². The van der Waals surface area contributed by atoms with E-state index in [0.717, 1.165) is 31.9 Å². The molecule has 25 heavy (non-hydrogen) atoms. The molecule has 146 valence electrons. The van der Waals surface area contributed by atoms with Gasteiger partial charge in [0.2, 0.25) is 0 Å². The zero-order valence-electron chi connectivity index (χ0n) is 16.2. The molecule has 1 aromatic rings. The number of halogens is 2. The van der Waals surface area contributed by atoms with Crippen LogP contribution in [0.1, 0.15) is 69.5 Å². The molecule has 0 bridgehead atoms. The number of hydrogen-bond donors (Lipinski definition) is 1. The molecule has 1 heterocycles. The maximum absolute atomic E-state index is 5.72. The standard InChI is InChI=1S/C20H34N2O.2ClH/c1-5-6-7-8-19(22-13-11-21-12-14-22)18-15-17(16(2)3)9-10-20(18)23-4;;/h9-10,15-16,19,21H,5-8,11-14H2,1-4H3;2*1H/t19-;;/m1../s1. The minimum absolute atomic E-state index is 0. The van der Waals surface area contributed by atoms with Crippen LogP contribution in [0, 0.1) is 0 Å². The van der Waals surface area contributed by atoms with Crippen molar-refractivity contribution < 1.29 is 4.74 Å². The molecule has 2 rings (SSSR count). The van der Waals surface area contributed by atoms with Gasteiger partial charge in [0.15, 0.2) is 0 Å². The monoisotopic (exact) mass is 390 g/mol. The van der Waals surface area contributed by atoms with E-state index in [4.69, 9.17) is 4.74 Å². The number of benzene rings is 1. The minimum Gasteiger partial charge on any atom is -0.496 e. The Kier molecular flexibility index (Phi) is 12.6. The van der Waals surface area contributed by atoms with Gasteiger partial charge in [-0.3, -0.25) is 4.90 Å². The Balaban J connectivity index is 0.00000288. The normalized spacial score (nSPS) is 16.0. The molecule has 1 aromatic carbocycles. The van der Waals surface area contributed by atoms with Crippen LogP contribution in [0.3, 0.4) is 0 Å². The molecule has 1 atom stereocenters. The highest BCUT2D eigenvalue weighted by Gasteiger charge is 2.25. The van der Waals surface area contributed by atoms with Gasteiger partial charge in [0, 0.05) is 37.8 Å². The van der Waals surface area contributed by atoms with Gasteiger partial charge in [-0.1, -0.05) is 52.2 Å². The first kappa shape index (κ1) is 24.5. The van der Waals surface area contributed by atoms with E-state index in [0.29, 0.717) is 12.0 Å². The van der Waals surface area contributed by atoms with Gasteiger partial charge in [-0.15, -0.1) is 24.8 Å². The molecular weight excluding hydrogens is 355 g/mol. The van der Waals surface area contributed by atoms with Gasteiger partial charge >= 0.3 is 0 Å². The van der Waals surface area contributed by atoms with Crippen LogP contribution in [0.4, 0.5) is 0 Å². The molecular formula is C20H36Cl2N2O. The van der Waals surface area contributed by atoms with Gasteiger partial charge in [-0.25, -0.2) is 0 Å². The smallest absolute Gasteiger partial charge is 0.123 e. The molecule has 5 heteroatoms. The first-order chi connectivity index (χ1) is 11.2. The Labute approximate surface area is 166 Å². The molecule has 1 saturated heterocycles. The number of nitrogens with one attached hydrogen (secondary N) is 1. The second kappa shape index (κ2) is 12.8. The lowest BCUT2D eigenvalue weighted by atomic mass is 9.93. The summed E-state index contributed by atoms with van der Waals surface area (Å²) in [7, 11) is 1.80. The molecule has 0 saturated carbocycles. The van der Waals surface area contributed by atoms with Gasteiger partial charge in [0.25, 0.3) is 0 Å². The van der Waals surface area contributed by atoms with Crippen molar-refractivity contribution in [3.63, 3.8) is 0 Å². The predicted octanol–water partition coefficient (Wildman–Crippen LogP) is 5.19. The number of hydrogen-bond acceptors (Lipinski definition) is 3. The molecule has 0 amide bonds. The lowest BCUT2D eigenvalue weighted by Gasteiger charge is -2.36. The lowest BCUT2D eigenvalue weighted by Crippen LogP contribution is -2.45. The van der Waals surface area contributed by atoms with Crippen molar-refractivity contribution >= 4 is 24.8 Å². The second-order valence-electron chi connectivity index (χ2n) is 6.95. The van der Waals surface area contributed by atoms with E-state index in [9.17, 15) is 0 Å². The highest BCUT2D eigenvalue weighted by Crippen LogP contribution is 2.35. The van der Waals surface area contributed by atoms with E-state index in [1.807, 2.05) is 0 Å². The molecule has 0 aromatic heterocycles. The molecule has 0 aliphatic carbocycles. The van der Waals surface area contributed by atoms with Crippen molar-refractivity contribution in [3.05, 3.63) is 29.3 Å². The van der Waals surface area contributed by atoms with Gasteiger partial charge in [-0.05, 0) is 24.0 Å². The van der Waals surface area contributed by atoms with Crippen LogP contribution >= 0.6 is 24.8 Å². The van der Waals surface area contributed by atoms with E-state index >= 15 is 0 Å². The van der Waals surface area contributed by atoms with E-state index in [1.165, 1.54) is 36.8 Å². The van der Waals surface area contributed by atoms with Crippen LogP contribution in [0.15, 0.2) is 18.2 Å². The van der Waals surface area contributed by atoms with Crippen molar-refractivity contribution in [1.29, 1.82) is 0 Å². The number of ether oxygens (including phenoxy) is 1. The van der Waals surface area contributed by atoms with E-state index < -0.39 is 0 Å². The van der Waals surface area contributed by atoms with Gasteiger partial charge < -0.3 is 10.1 Å². The number of nitrogens with zero attached hydrogens (tertiary/aromatic N) is 1. The average molecular weight is 391 g/mol. The second-order valence-corrected chi connectivity index (χ2v) is 6.95. The third-order valence-corrected chi connectivity index (χ3v) is 4.95. The fourth-order valence-corrected chi connectivity index (χ4v) is 3.49. The summed E-state index contributed by atoms with van der Waals surface area (Å²) in [5, 5.41) is 3.47. The van der Waals surface area contributed by atoms with E-state index in [2.05, 4.69) is 49.2 Å². The predicted molar refractivity (Wildman–Crippen MR) is 113 cm³/mol. The topological polar surface area (TPSA) is 24.5 Å². The molecule has 1 aliphatic rings. The lowest BCUT2D eigenvalue weighted by molar-refractivity contribution is 0.160. The van der Waals surface area contributed by atoms with Crippen molar-refractivity contribution in [1.82, 2.24) is 10.2 Å². The number of piperazine rings is 1. The molecule has 0 radical (unpaired) electrons. The summed E-state index contributed by atoms with van der Waals surface area (Å²) in [6.07, 6.45) is 5.11. The average Bonchev–Trinajstić information content (AvgIpc) is 2.59. The minimum atomic E-state index is 0. The van der Waals surface area contributed by atoms with Crippen molar-refractivity contribution in [2.45, 2.75) is 58.4 Å². The molecule has 0 spiro atoms. The summed E-state index contributed by atoms with van der Waals surface area (Å²) < 4.78 is 5.72. The number of methoxy groups -OCH3 is 1. The number of rotatable bonds is 8. The van der Waals surface area contributed by atoms with Crippen molar-refractivity contribution in [2.75, 3.05) is 33.3 Å². The van der Waals surface area contributed by atoms with E-state index in [1.54, 1.807) is 7.11 Å². The Hall–Kier alpha value is -0.480. The van der Waals surface area contributed by atoms with E-state index in [-0.39, 0.29) is 24.8 Å². The summed E-state index contributed by atoms with van der Waals surface area (Å²) in [4.78, 5) is 2.65. The maximum atomic E-state index is 5.72. The van der Waals surface area contributed by atoms with Gasteiger partial charge in [0.05, 0.1) is 7.11 Å². The van der Waals surface area contributed by atoms with Crippen LogP contribution in [0.5, 0.6) is 5.75 Å². The summed E-state index contributed by atoms with van der Waals surface area (Å²) >= 11 is 0. The SMILES string of the molecule is CCCCC[C@H](c1cc(C(C)C)ccc1OC)N1CCNCC1.Cl.Cl. The molecule has 1 aliphatic heterocycles. The maximum Gasteiger partial charge on any atom is 0.123 e. The summed E-state index contributed by atoms with van der Waals surface area (Å²) in [5.41, 5.74) is 2.80. The summed E-state index contributed by atoms with van der Waals surface area (Å²) in [5.74, 6) is 1.61.